The molecule has 4 atom stereocenters. The summed E-state index contributed by atoms with van der Waals surface area (Å²) in [5, 5.41) is 20.7. The number of aliphatic hydroxyl groups excluding tert-OH is 2. The van der Waals surface area contributed by atoms with E-state index in [9.17, 15) is 20.0 Å². The lowest BCUT2D eigenvalue weighted by Gasteiger charge is -2.34. The molecule has 2 aromatic heterocycles. The highest BCUT2D eigenvalue weighted by Gasteiger charge is 2.57. The fourth-order valence-electron chi connectivity index (χ4n) is 3.19. The van der Waals surface area contributed by atoms with E-state index in [0.717, 1.165) is 0 Å². The lowest BCUT2D eigenvalue weighted by Crippen LogP contribution is -2.46. The van der Waals surface area contributed by atoms with Crippen LogP contribution in [-0.2, 0) is 31.5 Å². The van der Waals surface area contributed by atoms with Crippen LogP contribution < -0.4 is 5.73 Å². The number of methoxy groups -OCH3 is 1. The van der Waals surface area contributed by atoms with Crippen molar-refractivity contribution in [3.05, 3.63) is 12.7 Å². The highest BCUT2D eigenvalue weighted by Crippen LogP contribution is 2.47. The molecule has 2 aromatic rings. The molecule has 1 fully saturated rings. The van der Waals surface area contributed by atoms with Crippen molar-refractivity contribution in [2.75, 3.05) is 26.1 Å². The average molecular weight is 421 g/mol. The summed E-state index contributed by atoms with van der Waals surface area (Å²) in [4.78, 5) is 31.2. The number of nitrogens with two attached hydrogens (primary N) is 1. The minimum absolute atomic E-state index is 0.107. The zero-order valence-electron chi connectivity index (χ0n) is 14.2. The van der Waals surface area contributed by atoms with Gasteiger partial charge in [0.2, 0.25) is 0 Å². The number of ether oxygens (including phenoxy) is 2. The Labute approximate surface area is 158 Å². The van der Waals surface area contributed by atoms with Gasteiger partial charge in [-0.25, -0.2) is 15.0 Å². The molecule has 1 aliphatic rings. The number of rotatable bonds is 7. The molecule has 14 heteroatoms. The van der Waals surface area contributed by atoms with E-state index in [1.165, 1.54) is 24.3 Å². The quantitative estimate of drug-likeness (QED) is 0.325. The SMILES string of the molecule is COCC[C@@]1(n2cnc3c(N)ncnc32)O[C@H](CO)[C@@H](OP(O)(O)=S)[C@H]1O. The molecule has 0 unspecified atom stereocenters. The highest BCUT2D eigenvalue weighted by atomic mass is 32.5. The third kappa shape index (κ3) is 3.70. The molecule has 3 rings (SSSR count). The normalized spacial score (nSPS) is 28.9. The largest absolute Gasteiger partial charge is 0.394 e. The van der Waals surface area contributed by atoms with Gasteiger partial charge in [-0.15, -0.1) is 0 Å². The van der Waals surface area contributed by atoms with Crippen LogP contribution in [0.2, 0.25) is 0 Å². The summed E-state index contributed by atoms with van der Waals surface area (Å²) in [6, 6.07) is 0. The smallest absolute Gasteiger partial charge is 0.322 e. The molecule has 0 radical (unpaired) electrons. The van der Waals surface area contributed by atoms with Crippen LogP contribution in [0.25, 0.3) is 11.2 Å². The molecule has 150 valence electrons. The van der Waals surface area contributed by atoms with Crippen molar-refractivity contribution in [3.63, 3.8) is 0 Å². The zero-order valence-corrected chi connectivity index (χ0v) is 16.0. The van der Waals surface area contributed by atoms with Gasteiger partial charge in [-0.3, -0.25) is 9.09 Å². The molecule has 1 saturated heterocycles. The molecular formula is C13H20N5O7PS. The van der Waals surface area contributed by atoms with Crippen LogP contribution in [-0.4, -0.2) is 78.2 Å². The summed E-state index contributed by atoms with van der Waals surface area (Å²) in [5.74, 6) is 0.140. The fourth-order valence-corrected chi connectivity index (χ4v) is 4.06. The average Bonchev–Trinajstić information content (AvgIpc) is 3.15. The second kappa shape index (κ2) is 7.62. The zero-order chi connectivity index (χ0) is 19.8. The number of hydrogen-bond acceptors (Lipinski definition) is 10. The first-order valence-corrected chi connectivity index (χ1v) is 10.5. The number of anilines is 1. The monoisotopic (exact) mass is 421 g/mol. The lowest BCUT2D eigenvalue weighted by molar-refractivity contribution is -0.157. The molecule has 27 heavy (non-hydrogen) atoms. The summed E-state index contributed by atoms with van der Waals surface area (Å²) < 4.78 is 17.5. The Hall–Kier alpha value is -1.28. The number of imidazole rings is 1. The topological polar surface area (TPSA) is 178 Å². The van der Waals surface area contributed by atoms with Gasteiger partial charge in [-0.2, -0.15) is 0 Å². The van der Waals surface area contributed by atoms with Crippen molar-refractivity contribution >= 4 is 35.5 Å². The first kappa shape index (κ1) is 20.5. The number of fused-ring (bicyclic) bond motifs is 1. The van der Waals surface area contributed by atoms with Gasteiger partial charge in [0.15, 0.2) is 17.2 Å². The van der Waals surface area contributed by atoms with E-state index >= 15 is 0 Å². The second-order valence-corrected chi connectivity index (χ2v) is 8.60. The summed E-state index contributed by atoms with van der Waals surface area (Å²) in [6.07, 6.45) is -1.14. The molecule has 0 aromatic carbocycles. The predicted molar refractivity (Wildman–Crippen MR) is 95.8 cm³/mol. The first-order chi connectivity index (χ1) is 12.7. The van der Waals surface area contributed by atoms with Crippen LogP contribution in [0.4, 0.5) is 5.82 Å². The summed E-state index contributed by atoms with van der Waals surface area (Å²) in [6.45, 7) is -4.54. The molecule has 1 aliphatic heterocycles. The van der Waals surface area contributed by atoms with Gasteiger partial charge in [-0.05, 0) is 11.8 Å². The van der Waals surface area contributed by atoms with Crippen molar-refractivity contribution in [2.45, 2.75) is 30.5 Å². The fraction of sp³-hybridized carbons (Fsp3) is 0.615. The van der Waals surface area contributed by atoms with Crippen LogP contribution in [0, 0.1) is 0 Å². The van der Waals surface area contributed by atoms with Crippen molar-refractivity contribution < 1.29 is 34.0 Å². The molecule has 12 nitrogen and oxygen atoms in total. The molecule has 3 heterocycles. The molecular weight excluding hydrogens is 401 g/mol. The van der Waals surface area contributed by atoms with E-state index in [-0.39, 0.29) is 24.5 Å². The summed E-state index contributed by atoms with van der Waals surface area (Å²) >= 11 is 4.50. The molecule has 0 amide bonds. The number of nitrogen functional groups attached to an aromatic ring is 1. The van der Waals surface area contributed by atoms with Crippen LogP contribution >= 0.6 is 6.72 Å². The van der Waals surface area contributed by atoms with E-state index in [4.69, 9.17) is 19.7 Å². The van der Waals surface area contributed by atoms with Crippen LogP contribution in [0.3, 0.4) is 0 Å². The Kier molecular flexibility index (Phi) is 5.77. The molecule has 0 spiro atoms. The summed E-state index contributed by atoms with van der Waals surface area (Å²) in [7, 11) is 1.47. The van der Waals surface area contributed by atoms with E-state index in [2.05, 4.69) is 26.8 Å². The first-order valence-electron chi connectivity index (χ1n) is 7.87. The van der Waals surface area contributed by atoms with Gasteiger partial charge in [0.1, 0.15) is 30.2 Å². The van der Waals surface area contributed by atoms with Crippen molar-refractivity contribution in [3.8, 4) is 0 Å². The minimum atomic E-state index is -4.14. The summed E-state index contributed by atoms with van der Waals surface area (Å²) in [5.41, 5.74) is 4.86. The number of hydrogen-bond donors (Lipinski definition) is 5. The second-order valence-electron chi connectivity index (χ2n) is 5.98. The maximum absolute atomic E-state index is 11.0. The molecule has 0 bridgehead atoms. The van der Waals surface area contributed by atoms with E-state index in [1.54, 1.807) is 0 Å². The third-order valence-electron chi connectivity index (χ3n) is 4.37. The van der Waals surface area contributed by atoms with E-state index in [1.807, 2.05) is 0 Å². The lowest BCUT2D eigenvalue weighted by atomic mass is 9.99. The van der Waals surface area contributed by atoms with Crippen molar-refractivity contribution in [1.82, 2.24) is 19.5 Å². The van der Waals surface area contributed by atoms with Crippen LogP contribution in [0.15, 0.2) is 12.7 Å². The van der Waals surface area contributed by atoms with Gasteiger partial charge in [0, 0.05) is 13.5 Å². The maximum atomic E-state index is 11.0. The maximum Gasteiger partial charge on any atom is 0.322 e. The predicted octanol–water partition coefficient (Wildman–Crippen LogP) is -1.56. The van der Waals surface area contributed by atoms with Gasteiger partial charge in [0.25, 0.3) is 0 Å². The standard InChI is InChI=1S/C13H20N5O7PS/c1-23-3-2-13(18-6-17-8-11(14)15-5-16-12(8)18)10(20)9(7(4-19)24-13)25-26(21,22)27/h5-7,9-10,19-20H,2-4H2,1H3,(H2,14,15,16)(H2,21,22,27)/t7-,9-,10-,13-/m1/s1. The Bertz CT molecular complexity index is 863. The van der Waals surface area contributed by atoms with Gasteiger partial charge < -0.3 is 35.2 Å². The molecule has 6 N–H and O–H groups in total. The van der Waals surface area contributed by atoms with Gasteiger partial charge in [-0.1, -0.05) is 0 Å². The third-order valence-corrected chi connectivity index (χ3v) is 5.14. The van der Waals surface area contributed by atoms with Crippen LogP contribution in [0.1, 0.15) is 6.42 Å². The highest BCUT2D eigenvalue weighted by molar-refractivity contribution is 8.06. The Balaban J connectivity index is 2.12. The number of aliphatic hydroxyl groups is 2. The van der Waals surface area contributed by atoms with Gasteiger partial charge >= 0.3 is 6.72 Å². The number of aromatic nitrogens is 4. The Morgan fingerprint density at radius 2 is 2.15 bits per heavy atom. The van der Waals surface area contributed by atoms with E-state index < -0.39 is 37.4 Å². The van der Waals surface area contributed by atoms with E-state index in [0.29, 0.717) is 5.52 Å². The van der Waals surface area contributed by atoms with Gasteiger partial charge in [0.05, 0.1) is 19.5 Å². The van der Waals surface area contributed by atoms with Crippen molar-refractivity contribution in [2.24, 2.45) is 0 Å². The minimum Gasteiger partial charge on any atom is -0.394 e. The van der Waals surface area contributed by atoms with Crippen molar-refractivity contribution in [1.29, 1.82) is 0 Å². The molecule has 0 aliphatic carbocycles. The molecule has 0 saturated carbocycles. The Morgan fingerprint density at radius 3 is 2.78 bits per heavy atom. The Morgan fingerprint density at radius 1 is 1.41 bits per heavy atom. The number of nitrogens with zero attached hydrogens (tertiary/aromatic N) is 4. The van der Waals surface area contributed by atoms with Crippen LogP contribution in [0.5, 0.6) is 0 Å².